The fourth-order valence-electron chi connectivity index (χ4n) is 1.63. The molecule has 0 unspecified atom stereocenters. The van der Waals surface area contributed by atoms with Crippen molar-refractivity contribution in [1.29, 1.82) is 0 Å². The van der Waals surface area contributed by atoms with Gasteiger partial charge >= 0.3 is 0 Å². The minimum Gasteiger partial charge on any atom is -0.375 e. The van der Waals surface area contributed by atoms with Crippen LogP contribution in [0.1, 0.15) is 29.4 Å². The van der Waals surface area contributed by atoms with Crippen LogP contribution in [0.15, 0.2) is 29.6 Å². The van der Waals surface area contributed by atoms with Gasteiger partial charge in [0.05, 0.1) is 0 Å². The number of carbonyl (C=O) groups is 1. The summed E-state index contributed by atoms with van der Waals surface area (Å²) in [7, 11) is 0. The lowest BCUT2D eigenvalue weighted by Crippen LogP contribution is -2.12. The van der Waals surface area contributed by atoms with E-state index in [2.05, 4.69) is 17.2 Å². The zero-order valence-corrected chi connectivity index (χ0v) is 11.0. The van der Waals surface area contributed by atoms with Crippen LogP contribution in [0, 0.1) is 0 Å². The van der Waals surface area contributed by atoms with Crippen LogP contribution < -0.4 is 11.1 Å². The summed E-state index contributed by atoms with van der Waals surface area (Å²) in [4.78, 5) is 15.8. The highest BCUT2D eigenvalue weighted by Crippen LogP contribution is 2.15. The molecule has 3 N–H and O–H groups in total. The van der Waals surface area contributed by atoms with Gasteiger partial charge in [-0.05, 0) is 24.1 Å². The van der Waals surface area contributed by atoms with E-state index < -0.39 is 0 Å². The maximum Gasteiger partial charge on any atom is 0.275 e. The highest BCUT2D eigenvalue weighted by Gasteiger charge is 2.09. The maximum absolute atomic E-state index is 11.8. The van der Waals surface area contributed by atoms with Gasteiger partial charge < -0.3 is 11.1 Å². The molecule has 1 aromatic carbocycles. The Morgan fingerprint density at radius 3 is 2.67 bits per heavy atom. The molecule has 0 aliphatic rings. The lowest BCUT2D eigenvalue weighted by atomic mass is 10.1. The summed E-state index contributed by atoms with van der Waals surface area (Å²) in [5.74, 6) is -0.230. The Hall–Kier alpha value is -1.88. The molecule has 1 amide bonds. The smallest absolute Gasteiger partial charge is 0.275 e. The minimum atomic E-state index is -0.230. The predicted molar refractivity (Wildman–Crippen MR) is 74.9 cm³/mol. The minimum absolute atomic E-state index is 0.230. The predicted octanol–water partition coefficient (Wildman–Crippen LogP) is 2.93. The number of carbonyl (C=O) groups excluding carboxylic acids is 1. The quantitative estimate of drug-likeness (QED) is 0.889. The van der Waals surface area contributed by atoms with Gasteiger partial charge in [0.2, 0.25) is 0 Å². The number of nitrogens with zero attached hydrogens (tertiary/aromatic N) is 1. The second-order valence-corrected chi connectivity index (χ2v) is 4.86. The summed E-state index contributed by atoms with van der Waals surface area (Å²) in [5, 5.41) is 4.84. The van der Waals surface area contributed by atoms with Crippen molar-refractivity contribution in [1.82, 2.24) is 4.98 Å². The monoisotopic (exact) mass is 261 g/mol. The Balaban J connectivity index is 2.03. The van der Waals surface area contributed by atoms with Crippen molar-refractivity contribution in [3.05, 3.63) is 40.9 Å². The lowest BCUT2D eigenvalue weighted by Gasteiger charge is -2.04. The number of amides is 1. The van der Waals surface area contributed by atoms with Crippen LogP contribution >= 0.6 is 11.3 Å². The second kappa shape index (κ2) is 5.64. The third-order valence-electron chi connectivity index (χ3n) is 2.51. The van der Waals surface area contributed by atoms with E-state index >= 15 is 0 Å². The van der Waals surface area contributed by atoms with Crippen molar-refractivity contribution >= 4 is 28.1 Å². The first-order valence-electron chi connectivity index (χ1n) is 5.80. The molecule has 5 heteroatoms. The van der Waals surface area contributed by atoms with Gasteiger partial charge in [0.25, 0.3) is 5.91 Å². The first-order valence-corrected chi connectivity index (χ1v) is 6.68. The van der Waals surface area contributed by atoms with Crippen molar-refractivity contribution in [2.45, 2.75) is 19.8 Å². The summed E-state index contributed by atoms with van der Waals surface area (Å²) < 4.78 is 0. The highest BCUT2D eigenvalue weighted by atomic mass is 32.1. The number of nitrogen functional groups attached to an aromatic ring is 1. The Labute approximate surface area is 110 Å². The molecule has 4 nitrogen and oxygen atoms in total. The molecule has 0 radical (unpaired) electrons. The second-order valence-electron chi connectivity index (χ2n) is 3.97. The zero-order chi connectivity index (χ0) is 13.0. The molecule has 0 aliphatic heterocycles. The number of nitrogens with two attached hydrogens (primary N) is 1. The number of hydrogen-bond donors (Lipinski definition) is 2. The third-order valence-corrected chi connectivity index (χ3v) is 3.18. The number of aromatic nitrogens is 1. The van der Waals surface area contributed by atoms with Gasteiger partial charge in [-0.3, -0.25) is 4.79 Å². The number of nitrogens with one attached hydrogen (secondary N) is 1. The number of rotatable bonds is 4. The largest absolute Gasteiger partial charge is 0.375 e. The summed E-state index contributed by atoms with van der Waals surface area (Å²) in [5.41, 5.74) is 7.89. The topological polar surface area (TPSA) is 68.0 Å². The summed E-state index contributed by atoms with van der Waals surface area (Å²) in [6, 6.07) is 7.85. The fraction of sp³-hybridized carbons (Fsp3) is 0.231. The van der Waals surface area contributed by atoms with Crippen LogP contribution in [-0.2, 0) is 6.42 Å². The van der Waals surface area contributed by atoms with E-state index in [0.29, 0.717) is 10.8 Å². The molecule has 0 saturated carbocycles. The summed E-state index contributed by atoms with van der Waals surface area (Å²) in [6.45, 7) is 2.14. The van der Waals surface area contributed by atoms with Crippen molar-refractivity contribution in [2.24, 2.45) is 0 Å². The molecule has 0 aliphatic carbocycles. The molecule has 0 bridgehead atoms. The van der Waals surface area contributed by atoms with Crippen LogP contribution in [-0.4, -0.2) is 10.9 Å². The third kappa shape index (κ3) is 3.07. The number of aryl methyl sites for hydroxylation is 1. The average Bonchev–Trinajstić information content (AvgIpc) is 2.79. The Kier molecular flexibility index (Phi) is 3.94. The Bertz CT molecular complexity index is 533. The van der Waals surface area contributed by atoms with E-state index in [0.717, 1.165) is 18.5 Å². The van der Waals surface area contributed by atoms with Crippen LogP contribution in [0.2, 0.25) is 0 Å². The molecule has 0 atom stereocenters. The standard InChI is InChI=1S/C13H15N3OS/c1-2-3-9-4-6-10(7-5-9)15-12(17)11-8-18-13(14)16-11/h4-8H,2-3H2,1H3,(H2,14,16)(H,15,17). The van der Waals surface area contributed by atoms with E-state index in [1.165, 1.54) is 16.9 Å². The first-order chi connectivity index (χ1) is 8.69. The van der Waals surface area contributed by atoms with Crippen molar-refractivity contribution in [3.63, 3.8) is 0 Å². The van der Waals surface area contributed by atoms with Gasteiger partial charge in [-0.15, -0.1) is 11.3 Å². The number of thiazole rings is 1. The number of anilines is 2. The van der Waals surface area contributed by atoms with Crippen LogP contribution in [0.25, 0.3) is 0 Å². The van der Waals surface area contributed by atoms with Gasteiger partial charge in [-0.25, -0.2) is 4.98 Å². The highest BCUT2D eigenvalue weighted by molar-refractivity contribution is 7.13. The first kappa shape index (κ1) is 12.6. The molecule has 94 valence electrons. The maximum atomic E-state index is 11.8. The van der Waals surface area contributed by atoms with Crippen LogP contribution in [0.3, 0.4) is 0 Å². The molecule has 1 aromatic heterocycles. The van der Waals surface area contributed by atoms with Gasteiger partial charge in [0, 0.05) is 11.1 Å². The number of benzene rings is 1. The lowest BCUT2D eigenvalue weighted by molar-refractivity contribution is 0.102. The SMILES string of the molecule is CCCc1ccc(NC(=O)c2csc(N)n2)cc1. The normalized spacial score (nSPS) is 10.3. The Morgan fingerprint density at radius 2 is 2.11 bits per heavy atom. The zero-order valence-electron chi connectivity index (χ0n) is 10.1. The molecule has 2 aromatic rings. The van der Waals surface area contributed by atoms with Crippen LogP contribution in [0.4, 0.5) is 10.8 Å². The Morgan fingerprint density at radius 1 is 1.39 bits per heavy atom. The van der Waals surface area contributed by atoms with Gasteiger partial charge in [-0.2, -0.15) is 0 Å². The van der Waals surface area contributed by atoms with E-state index in [1.807, 2.05) is 24.3 Å². The van der Waals surface area contributed by atoms with Crippen molar-refractivity contribution in [2.75, 3.05) is 11.1 Å². The average molecular weight is 261 g/mol. The van der Waals surface area contributed by atoms with Crippen molar-refractivity contribution in [3.8, 4) is 0 Å². The summed E-state index contributed by atoms with van der Waals surface area (Å²) >= 11 is 1.26. The molecular formula is C13H15N3OS. The van der Waals surface area contributed by atoms with Gasteiger partial charge in [0.15, 0.2) is 5.13 Å². The fourth-order valence-corrected chi connectivity index (χ4v) is 2.17. The van der Waals surface area contributed by atoms with E-state index in [9.17, 15) is 4.79 Å². The van der Waals surface area contributed by atoms with E-state index in [-0.39, 0.29) is 5.91 Å². The van der Waals surface area contributed by atoms with Gasteiger partial charge in [-0.1, -0.05) is 25.5 Å². The molecule has 18 heavy (non-hydrogen) atoms. The van der Waals surface area contributed by atoms with Crippen LogP contribution in [0.5, 0.6) is 0 Å². The van der Waals surface area contributed by atoms with E-state index in [4.69, 9.17) is 5.73 Å². The molecule has 0 fully saturated rings. The van der Waals surface area contributed by atoms with Crippen molar-refractivity contribution < 1.29 is 4.79 Å². The molecule has 2 rings (SSSR count). The summed E-state index contributed by atoms with van der Waals surface area (Å²) in [6.07, 6.45) is 2.17. The molecule has 1 heterocycles. The molecule has 0 spiro atoms. The molecular weight excluding hydrogens is 246 g/mol. The van der Waals surface area contributed by atoms with E-state index in [1.54, 1.807) is 5.38 Å². The van der Waals surface area contributed by atoms with Gasteiger partial charge in [0.1, 0.15) is 5.69 Å². The number of hydrogen-bond acceptors (Lipinski definition) is 4. The molecule has 0 saturated heterocycles.